The molecule has 5 nitrogen and oxygen atoms in total. The maximum Gasteiger partial charge on any atom is 0.254 e. The van der Waals surface area contributed by atoms with Crippen LogP contribution in [0.2, 0.25) is 0 Å². The zero-order valence-corrected chi connectivity index (χ0v) is 18.0. The molecule has 0 spiro atoms. The molecule has 1 amide bonds. The number of morpholine rings is 1. The summed E-state index contributed by atoms with van der Waals surface area (Å²) >= 11 is 0. The molecule has 0 N–H and O–H groups in total. The lowest BCUT2D eigenvalue weighted by molar-refractivity contribution is 0.0786. The third kappa shape index (κ3) is 4.17. The molecule has 2 aromatic carbocycles. The van der Waals surface area contributed by atoms with Crippen LogP contribution in [0.1, 0.15) is 41.4 Å². The Morgan fingerprint density at radius 3 is 2.57 bits per heavy atom. The van der Waals surface area contributed by atoms with Gasteiger partial charge < -0.3 is 14.5 Å². The summed E-state index contributed by atoms with van der Waals surface area (Å²) in [6, 6.07) is 18.2. The Hall–Kier alpha value is -2.92. The van der Waals surface area contributed by atoms with Gasteiger partial charge in [-0.25, -0.2) is 0 Å². The van der Waals surface area contributed by atoms with Crippen LogP contribution in [-0.2, 0) is 11.3 Å². The smallest absolute Gasteiger partial charge is 0.254 e. The minimum absolute atomic E-state index is 0.0206. The van der Waals surface area contributed by atoms with Crippen molar-refractivity contribution in [1.29, 1.82) is 0 Å². The Balaban J connectivity index is 1.64. The first-order valence-electron chi connectivity index (χ1n) is 10.6. The lowest BCUT2D eigenvalue weighted by atomic mass is 10.0. The Labute approximate surface area is 178 Å². The fourth-order valence-electron chi connectivity index (χ4n) is 3.96. The molecule has 0 aliphatic carbocycles. The zero-order valence-electron chi connectivity index (χ0n) is 18.0. The van der Waals surface area contributed by atoms with E-state index in [9.17, 15) is 4.79 Å². The molecule has 1 fully saturated rings. The van der Waals surface area contributed by atoms with Crippen LogP contribution >= 0.6 is 0 Å². The molecule has 1 aromatic heterocycles. The van der Waals surface area contributed by atoms with E-state index in [0.29, 0.717) is 6.54 Å². The predicted molar refractivity (Wildman–Crippen MR) is 121 cm³/mol. The van der Waals surface area contributed by atoms with Gasteiger partial charge in [0.1, 0.15) is 0 Å². The number of amides is 1. The molecule has 0 radical (unpaired) electrons. The minimum atomic E-state index is 0.0206. The van der Waals surface area contributed by atoms with Gasteiger partial charge in [0.2, 0.25) is 0 Å². The monoisotopic (exact) mass is 403 g/mol. The molecule has 1 saturated heterocycles. The number of ether oxygens (including phenoxy) is 1. The van der Waals surface area contributed by atoms with Gasteiger partial charge in [-0.15, -0.1) is 0 Å². The van der Waals surface area contributed by atoms with Crippen molar-refractivity contribution < 1.29 is 9.53 Å². The van der Waals surface area contributed by atoms with E-state index in [0.717, 1.165) is 54.0 Å². The first kappa shape index (κ1) is 20.4. The summed E-state index contributed by atoms with van der Waals surface area (Å²) in [5.41, 5.74) is 4.87. The highest BCUT2D eigenvalue weighted by Crippen LogP contribution is 2.26. The molecular weight excluding hydrogens is 374 g/mol. The molecule has 2 heterocycles. The Morgan fingerprint density at radius 1 is 1.10 bits per heavy atom. The van der Waals surface area contributed by atoms with Gasteiger partial charge in [0, 0.05) is 43.4 Å². The van der Waals surface area contributed by atoms with Gasteiger partial charge in [-0.2, -0.15) is 0 Å². The Kier molecular flexibility index (Phi) is 6.00. The highest BCUT2D eigenvalue weighted by atomic mass is 16.5. The summed E-state index contributed by atoms with van der Waals surface area (Å²) in [6.45, 7) is 8.00. The van der Waals surface area contributed by atoms with E-state index in [1.165, 1.54) is 5.69 Å². The molecule has 1 aliphatic heterocycles. The van der Waals surface area contributed by atoms with Crippen LogP contribution in [-0.4, -0.2) is 49.1 Å². The maximum absolute atomic E-state index is 13.5. The number of fused-ring (bicyclic) bond motifs is 1. The van der Waals surface area contributed by atoms with Crippen molar-refractivity contribution >= 4 is 22.5 Å². The average Bonchev–Trinajstić information content (AvgIpc) is 2.78. The van der Waals surface area contributed by atoms with Gasteiger partial charge in [0.15, 0.2) is 0 Å². The fourth-order valence-corrected chi connectivity index (χ4v) is 3.96. The van der Waals surface area contributed by atoms with Crippen LogP contribution in [0.5, 0.6) is 0 Å². The quantitative estimate of drug-likeness (QED) is 0.631. The van der Waals surface area contributed by atoms with E-state index in [1.807, 2.05) is 48.3 Å². The van der Waals surface area contributed by atoms with Gasteiger partial charge >= 0.3 is 0 Å². The number of hydrogen-bond acceptors (Lipinski definition) is 4. The number of carbonyl (C=O) groups excluding carboxylic acids is 1. The number of para-hydroxylation sites is 2. The second-order valence-corrected chi connectivity index (χ2v) is 8.16. The molecule has 1 aliphatic rings. The van der Waals surface area contributed by atoms with E-state index in [4.69, 9.17) is 9.72 Å². The number of rotatable bonds is 5. The molecule has 5 heteroatoms. The number of anilines is 1. The third-order valence-corrected chi connectivity index (χ3v) is 5.66. The normalized spacial score (nSPS) is 14.3. The highest BCUT2D eigenvalue weighted by molar-refractivity contribution is 6.06. The lowest BCUT2D eigenvalue weighted by Gasteiger charge is -2.31. The van der Waals surface area contributed by atoms with Crippen LogP contribution in [0.25, 0.3) is 10.9 Å². The second-order valence-electron chi connectivity index (χ2n) is 8.16. The summed E-state index contributed by atoms with van der Waals surface area (Å²) in [5.74, 6) is 0.279. The molecule has 0 unspecified atom stereocenters. The molecule has 30 heavy (non-hydrogen) atoms. The van der Waals surface area contributed by atoms with Crippen LogP contribution in [0.4, 0.5) is 5.69 Å². The van der Waals surface area contributed by atoms with Crippen molar-refractivity contribution in [3.63, 3.8) is 0 Å². The van der Waals surface area contributed by atoms with Gasteiger partial charge in [0.25, 0.3) is 5.91 Å². The molecule has 156 valence electrons. The predicted octanol–water partition coefficient (Wildman–Crippen LogP) is 4.47. The fraction of sp³-hybridized carbons (Fsp3) is 0.360. The van der Waals surface area contributed by atoms with Crippen molar-refractivity contribution in [2.75, 3.05) is 38.3 Å². The van der Waals surface area contributed by atoms with Crippen molar-refractivity contribution in [3.05, 3.63) is 71.4 Å². The number of carbonyl (C=O) groups is 1. The lowest BCUT2D eigenvalue weighted by Crippen LogP contribution is -2.37. The number of aromatic nitrogens is 1. The molecule has 0 atom stereocenters. The summed E-state index contributed by atoms with van der Waals surface area (Å²) in [5, 5.41) is 0.903. The maximum atomic E-state index is 13.5. The third-order valence-electron chi connectivity index (χ3n) is 5.66. The van der Waals surface area contributed by atoms with Crippen LogP contribution < -0.4 is 4.90 Å². The summed E-state index contributed by atoms with van der Waals surface area (Å²) in [7, 11) is 1.88. The van der Waals surface area contributed by atoms with E-state index in [1.54, 1.807) is 0 Å². The number of benzene rings is 2. The zero-order chi connectivity index (χ0) is 21.1. The van der Waals surface area contributed by atoms with Crippen molar-refractivity contribution in [3.8, 4) is 0 Å². The van der Waals surface area contributed by atoms with E-state index in [2.05, 4.69) is 36.9 Å². The van der Waals surface area contributed by atoms with Gasteiger partial charge in [0.05, 0.1) is 24.3 Å². The summed E-state index contributed by atoms with van der Waals surface area (Å²) in [6.07, 6.45) is 0. The molecule has 0 bridgehead atoms. The van der Waals surface area contributed by atoms with Gasteiger partial charge in [-0.3, -0.25) is 9.78 Å². The standard InChI is InChI=1S/C25H29N3O2/c1-18(2)23-16-21(20-9-5-6-10-22(20)26-23)25(29)27(3)17-19-8-4-7-11-24(19)28-12-14-30-15-13-28/h4-11,16,18H,12-15,17H2,1-3H3. The van der Waals surface area contributed by atoms with Gasteiger partial charge in [-0.05, 0) is 29.7 Å². The van der Waals surface area contributed by atoms with E-state index < -0.39 is 0 Å². The number of nitrogens with zero attached hydrogens (tertiary/aromatic N) is 3. The first-order valence-corrected chi connectivity index (χ1v) is 10.6. The largest absolute Gasteiger partial charge is 0.378 e. The Morgan fingerprint density at radius 2 is 1.80 bits per heavy atom. The van der Waals surface area contributed by atoms with E-state index >= 15 is 0 Å². The first-order chi connectivity index (χ1) is 14.5. The molecular formula is C25H29N3O2. The highest BCUT2D eigenvalue weighted by Gasteiger charge is 2.20. The summed E-state index contributed by atoms with van der Waals surface area (Å²) in [4.78, 5) is 22.4. The van der Waals surface area contributed by atoms with Crippen molar-refractivity contribution in [1.82, 2.24) is 9.88 Å². The second kappa shape index (κ2) is 8.84. The van der Waals surface area contributed by atoms with E-state index in [-0.39, 0.29) is 11.8 Å². The number of pyridine rings is 1. The molecule has 4 rings (SSSR count). The average molecular weight is 404 g/mol. The molecule has 3 aromatic rings. The number of hydrogen-bond donors (Lipinski definition) is 0. The van der Waals surface area contributed by atoms with Crippen LogP contribution in [0.3, 0.4) is 0 Å². The Bertz CT molecular complexity index is 1040. The minimum Gasteiger partial charge on any atom is -0.378 e. The van der Waals surface area contributed by atoms with Crippen molar-refractivity contribution in [2.45, 2.75) is 26.3 Å². The van der Waals surface area contributed by atoms with Crippen LogP contribution in [0.15, 0.2) is 54.6 Å². The SMILES string of the molecule is CC(C)c1cc(C(=O)N(C)Cc2ccccc2N2CCOCC2)c2ccccc2n1. The summed E-state index contributed by atoms with van der Waals surface area (Å²) < 4.78 is 5.50. The van der Waals surface area contributed by atoms with Crippen molar-refractivity contribution in [2.24, 2.45) is 0 Å². The topological polar surface area (TPSA) is 45.7 Å². The van der Waals surface area contributed by atoms with Gasteiger partial charge in [-0.1, -0.05) is 50.2 Å². The van der Waals surface area contributed by atoms with Crippen LogP contribution in [0, 0.1) is 0 Å². The molecule has 0 saturated carbocycles.